The Balaban J connectivity index is 1.86. The van der Waals surface area contributed by atoms with E-state index >= 15 is 0 Å². The summed E-state index contributed by atoms with van der Waals surface area (Å²) in [7, 11) is 4.08. The van der Waals surface area contributed by atoms with E-state index < -0.39 is 5.97 Å². The molecule has 7 heteroatoms. The molecule has 1 aliphatic rings. The zero-order valence-corrected chi connectivity index (χ0v) is 12.4. The van der Waals surface area contributed by atoms with Gasteiger partial charge in [0.25, 0.3) is 5.91 Å². The lowest BCUT2D eigenvalue weighted by Crippen LogP contribution is -2.49. The van der Waals surface area contributed by atoms with E-state index in [-0.39, 0.29) is 17.4 Å². The lowest BCUT2D eigenvalue weighted by atomic mass is 10.3. The smallest absolute Gasteiger partial charge is 0.371 e. The third-order valence-corrected chi connectivity index (χ3v) is 3.55. The van der Waals surface area contributed by atoms with Crippen molar-refractivity contribution in [1.82, 2.24) is 14.7 Å². The van der Waals surface area contributed by atoms with Crippen LogP contribution in [0, 0.1) is 0 Å². The molecule has 0 aliphatic carbocycles. The number of rotatable bonds is 5. The van der Waals surface area contributed by atoms with Crippen molar-refractivity contribution in [3.05, 3.63) is 23.7 Å². The maximum absolute atomic E-state index is 12.2. The Labute approximate surface area is 123 Å². The fourth-order valence-electron chi connectivity index (χ4n) is 2.24. The Bertz CT molecular complexity index is 504. The van der Waals surface area contributed by atoms with Crippen LogP contribution < -0.4 is 0 Å². The maximum Gasteiger partial charge on any atom is 0.371 e. The van der Waals surface area contributed by atoms with Gasteiger partial charge in [-0.2, -0.15) is 0 Å². The summed E-state index contributed by atoms with van der Waals surface area (Å²) >= 11 is 0. The Morgan fingerprint density at radius 3 is 2.33 bits per heavy atom. The van der Waals surface area contributed by atoms with Crippen molar-refractivity contribution in [3.63, 3.8) is 0 Å². The van der Waals surface area contributed by atoms with E-state index in [0.717, 1.165) is 26.2 Å². The van der Waals surface area contributed by atoms with E-state index in [1.165, 1.54) is 12.1 Å². The molecule has 1 aliphatic heterocycles. The predicted molar refractivity (Wildman–Crippen MR) is 76.6 cm³/mol. The van der Waals surface area contributed by atoms with Gasteiger partial charge in [0.2, 0.25) is 5.76 Å². The summed E-state index contributed by atoms with van der Waals surface area (Å²) in [5.41, 5.74) is 0. The third kappa shape index (κ3) is 4.05. The quantitative estimate of drug-likeness (QED) is 0.842. The number of hydrogen-bond donors (Lipinski definition) is 1. The molecule has 0 unspecified atom stereocenters. The van der Waals surface area contributed by atoms with Gasteiger partial charge in [0.15, 0.2) is 5.76 Å². The van der Waals surface area contributed by atoms with Gasteiger partial charge in [-0.3, -0.25) is 9.69 Å². The van der Waals surface area contributed by atoms with Crippen molar-refractivity contribution < 1.29 is 19.1 Å². The second-order valence-electron chi connectivity index (χ2n) is 5.41. The summed E-state index contributed by atoms with van der Waals surface area (Å²) in [4.78, 5) is 29.1. The number of hydrogen-bond acceptors (Lipinski definition) is 5. The van der Waals surface area contributed by atoms with Crippen LogP contribution in [0.15, 0.2) is 16.5 Å². The van der Waals surface area contributed by atoms with Crippen LogP contribution in [-0.2, 0) is 0 Å². The number of carboxylic acids is 1. The largest absolute Gasteiger partial charge is 0.475 e. The van der Waals surface area contributed by atoms with Crippen molar-refractivity contribution >= 4 is 11.9 Å². The van der Waals surface area contributed by atoms with Crippen LogP contribution in [-0.4, -0.2) is 85.0 Å². The summed E-state index contributed by atoms with van der Waals surface area (Å²) in [5, 5.41) is 8.80. The fourth-order valence-corrected chi connectivity index (χ4v) is 2.24. The third-order valence-electron chi connectivity index (χ3n) is 3.55. The van der Waals surface area contributed by atoms with Crippen LogP contribution in [0.1, 0.15) is 21.1 Å². The molecular weight excluding hydrogens is 274 g/mol. The molecule has 7 nitrogen and oxygen atoms in total. The second kappa shape index (κ2) is 6.73. The standard InChI is InChI=1S/C14H21N3O4/c1-15(2)5-6-16-7-9-17(10-8-16)13(18)11-3-4-12(21-11)14(19)20/h3-4H,5-10H2,1-2H3,(H,19,20). The number of furan rings is 1. The van der Waals surface area contributed by atoms with Gasteiger partial charge in [-0.1, -0.05) is 0 Å². The minimum Gasteiger partial charge on any atom is -0.475 e. The summed E-state index contributed by atoms with van der Waals surface area (Å²) in [5.74, 6) is -1.52. The molecule has 1 aromatic rings. The SMILES string of the molecule is CN(C)CCN1CCN(C(=O)c2ccc(C(=O)O)o2)CC1. The molecule has 0 saturated carbocycles. The normalized spacial score (nSPS) is 16.4. The Kier molecular flexibility index (Phi) is 4.98. The minimum atomic E-state index is -1.16. The zero-order chi connectivity index (χ0) is 15.4. The summed E-state index contributed by atoms with van der Waals surface area (Å²) in [6.45, 7) is 4.90. The van der Waals surface area contributed by atoms with Gasteiger partial charge in [-0.15, -0.1) is 0 Å². The first-order valence-corrected chi connectivity index (χ1v) is 6.97. The van der Waals surface area contributed by atoms with E-state index in [4.69, 9.17) is 9.52 Å². The van der Waals surface area contributed by atoms with Crippen molar-refractivity contribution in [2.45, 2.75) is 0 Å². The minimum absolute atomic E-state index is 0.0918. The molecule has 0 aromatic carbocycles. The fraction of sp³-hybridized carbons (Fsp3) is 0.571. The van der Waals surface area contributed by atoms with Crippen LogP contribution in [0.25, 0.3) is 0 Å². The number of likely N-dealkylation sites (N-methyl/N-ethyl adjacent to an activating group) is 1. The molecule has 1 saturated heterocycles. The molecule has 1 N–H and O–H groups in total. The van der Waals surface area contributed by atoms with Gasteiger partial charge < -0.3 is 19.3 Å². The molecule has 1 fully saturated rings. The summed E-state index contributed by atoms with van der Waals surface area (Å²) in [6, 6.07) is 2.73. The maximum atomic E-state index is 12.2. The van der Waals surface area contributed by atoms with E-state index in [0.29, 0.717) is 13.1 Å². The zero-order valence-electron chi connectivity index (χ0n) is 12.4. The highest BCUT2D eigenvalue weighted by Crippen LogP contribution is 2.12. The number of piperazine rings is 1. The molecule has 1 aromatic heterocycles. The van der Waals surface area contributed by atoms with Gasteiger partial charge in [0.1, 0.15) is 0 Å². The average Bonchev–Trinajstić information content (AvgIpc) is 2.95. The van der Waals surface area contributed by atoms with E-state index in [1.54, 1.807) is 4.90 Å². The highest BCUT2D eigenvalue weighted by atomic mass is 16.4. The predicted octanol–water partition coefficient (Wildman–Crippen LogP) is 0.297. The first-order valence-electron chi connectivity index (χ1n) is 6.97. The monoisotopic (exact) mass is 295 g/mol. The molecular formula is C14H21N3O4. The number of nitrogens with zero attached hydrogens (tertiary/aromatic N) is 3. The van der Waals surface area contributed by atoms with E-state index in [2.05, 4.69) is 9.80 Å². The lowest BCUT2D eigenvalue weighted by Gasteiger charge is -2.34. The molecule has 0 spiro atoms. The Morgan fingerprint density at radius 2 is 1.81 bits per heavy atom. The molecule has 0 atom stereocenters. The molecule has 21 heavy (non-hydrogen) atoms. The van der Waals surface area contributed by atoms with Crippen molar-refractivity contribution in [2.24, 2.45) is 0 Å². The van der Waals surface area contributed by atoms with E-state index in [1.807, 2.05) is 14.1 Å². The average molecular weight is 295 g/mol. The van der Waals surface area contributed by atoms with Crippen LogP contribution >= 0.6 is 0 Å². The summed E-state index contributed by atoms with van der Waals surface area (Å²) < 4.78 is 5.05. The molecule has 0 bridgehead atoms. The number of carbonyl (C=O) groups excluding carboxylic acids is 1. The first-order chi connectivity index (χ1) is 9.97. The topological polar surface area (TPSA) is 77.2 Å². The van der Waals surface area contributed by atoms with Crippen LogP contribution in [0.4, 0.5) is 0 Å². The van der Waals surface area contributed by atoms with Gasteiger partial charge in [-0.05, 0) is 26.2 Å². The molecule has 2 heterocycles. The Hall–Kier alpha value is -1.86. The van der Waals surface area contributed by atoms with Gasteiger partial charge in [-0.25, -0.2) is 4.79 Å². The molecule has 2 rings (SSSR count). The van der Waals surface area contributed by atoms with Gasteiger partial charge in [0, 0.05) is 39.3 Å². The van der Waals surface area contributed by atoms with Crippen LogP contribution in [0.3, 0.4) is 0 Å². The number of carboxylic acid groups (broad SMARTS) is 1. The van der Waals surface area contributed by atoms with Crippen molar-refractivity contribution in [1.29, 1.82) is 0 Å². The molecule has 0 radical (unpaired) electrons. The van der Waals surface area contributed by atoms with Crippen LogP contribution in [0.5, 0.6) is 0 Å². The lowest BCUT2D eigenvalue weighted by molar-refractivity contribution is 0.0586. The molecule has 1 amide bonds. The second-order valence-corrected chi connectivity index (χ2v) is 5.41. The van der Waals surface area contributed by atoms with E-state index in [9.17, 15) is 9.59 Å². The number of carbonyl (C=O) groups is 2. The first kappa shape index (κ1) is 15.5. The van der Waals surface area contributed by atoms with Crippen molar-refractivity contribution in [3.8, 4) is 0 Å². The number of aromatic carboxylic acids is 1. The van der Waals surface area contributed by atoms with Crippen LogP contribution in [0.2, 0.25) is 0 Å². The highest BCUT2D eigenvalue weighted by Gasteiger charge is 2.24. The Morgan fingerprint density at radius 1 is 1.19 bits per heavy atom. The van der Waals surface area contributed by atoms with Gasteiger partial charge >= 0.3 is 5.97 Å². The van der Waals surface area contributed by atoms with Crippen molar-refractivity contribution in [2.75, 3.05) is 53.4 Å². The number of amides is 1. The summed E-state index contributed by atoms with van der Waals surface area (Å²) in [6.07, 6.45) is 0. The highest BCUT2D eigenvalue weighted by molar-refractivity contribution is 5.93. The van der Waals surface area contributed by atoms with Gasteiger partial charge in [0.05, 0.1) is 0 Å². The molecule has 116 valence electrons.